The van der Waals surface area contributed by atoms with E-state index in [0.717, 1.165) is 12.2 Å². The Morgan fingerprint density at radius 2 is 2.24 bits per heavy atom. The Hall–Kier alpha value is -2.26. The van der Waals surface area contributed by atoms with E-state index in [4.69, 9.17) is 4.74 Å². The molecule has 5 nitrogen and oxygen atoms in total. The molecule has 0 bridgehead atoms. The molecular formula is C15H13N3O2S. The number of benzene rings is 1. The Kier molecular flexibility index (Phi) is 3.67. The van der Waals surface area contributed by atoms with Crippen LogP contribution in [-0.4, -0.2) is 22.4 Å². The smallest absolute Gasteiger partial charge is 0.272 e. The summed E-state index contributed by atoms with van der Waals surface area (Å²) in [6.07, 6.45) is 0.915. The molecule has 106 valence electrons. The molecule has 6 heteroatoms. The molecule has 0 radical (unpaired) electrons. The molecule has 0 saturated carbocycles. The van der Waals surface area contributed by atoms with Gasteiger partial charge in [0.2, 0.25) is 0 Å². The standard InChI is InChI=1S/C15H13N3O2S/c1-20-12-6-3-2-5-10(12)13-11(9-16)14(19)18-7-4-8-21-15(18)17-13/h2-3,5-6H,4,7-8H2,1H3. The predicted molar refractivity (Wildman–Crippen MR) is 80.5 cm³/mol. The highest BCUT2D eigenvalue weighted by Crippen LogP contribution is 2.31. The highest BCUT2D eigenvalue weighted by molar-refractivity contribution is 7.99. The van der Waals surface area contributed by atoms with Gasteiger partial charge in [-0.2, -0.15) is 5.26 Å². The molecule has 1 aliphatic rings. The second kappa shape index (κ2) is 5.62. The quantitative estimate of drug-likeness (QED) is 0.796. The molecule has 0 N–H and O–H groups in total. The predicted octanol–water partition coefficient (Wildman–Crippen LogP) is 2.29. The molecule has 0 unspecified atom stereocenters. The Balaban J connectivity index is 2.30. The maximum absolute atomic E-state index is 12.5. The van der Waals surface area contributed by atoms with Crippen LogP contribution in [0.4, 0.5) is 0 Å². The minimum Gasteiger partial charge on any atom is -0.496 e. The maximum atomic E-state index is 12.5. The van der Waals surface area contributed by atoms with E-state index in [0.29, 0.717) is 28.7 Å². The molecule has 1 aromatic heterocycles. The third-order valence-corrected chi connectivity index (χ3v) is 4.43. The summed E-state index contributed by atoms with van der Waals surface area (Å²) in [6, 6.07) is 9.29. The minimum atomic E-state index is -0.268. The highest BCUT2D eigenvalue weighted by atomic mass is 32.2. The van der Waals surface area contributed by atoms with Crippen molar-refractivity contribution < 1.29 is 4.74 Å². The molecule has 1 aliphatic heterocycles. The van der Waals surface area contributed by atoms with Gasteiger partial charge in [-0.1, -0.05) is 23.9 Å². The van der Waals surface area contributed by atoms with Gasteiger partial charge in [-0.3, -0.25) is 9.36 Å². The number of hydrogen-bond acceptors (Lipinski definition) is 5. The average molecular weight is 299 g/mol. The van der Waals surface area contributed by atoms with Gasteiger partial charge in [-0.25, -0.2) is 4.98 Å². The number of thioether (sulfide) groups is 1. The summed E-state index contributed by atoms with van der Waals surface area (Å²) in [6.45, 7) is 0.620. The Labute approximate surface area is 126 Å². The van der Waals surface area contributed by atoms with Crippen molar-refractivity contribution in [2.75, 3.05) is 12.9 Å². The fourth-order valence-corrected chi connectivity index (χ4v) is 3.31. The molecule has 0 saturated heterocycles. The van der Waals surface area contributed by atoms with Crippen LogP contribution in [0, 0.1) is 11.3 Å². The van der Waals surface area contributed by atoms with Gasteiger partial charge in [0.25, 0.3) is 5.56 Å². The van der Waals surface area contributed by atoms with Crippen LogP contribution in [-0.2, 0) is 6.54 Å². The van der Waals surface area contributed by atoms with E-state index in [-0.39, 0.29) is 11.1 Å². The van der Waals surface area contributed by atoms with E-state index in [9.17, 15) is 10.1 Å². The molecule has 1 aromatic carbocycles. The maximum Gasteiger partial charge on any atom is 0.272 e. The van der Waals surface area contributed by atoms with Gasteiger partial charge in [-0.15, -0.1) is 0 Å². The second-order valence-electron chi connectivity index (χ2n) is 4.59. The molecule has 2 heterocycles. The van der Waals surface area contributed by atoms with Crippen LogP contribution in [0.3, 0.4) is 0 Å². The van der Waals surface area contributed by atoms with Gasteiger partial charge in [-0.05, 0) is 18.6 Å². The number of nitrogens with zero attached hydrogens (tertiary/aromatic N) is 3. The van der Waals surface area contributed by atoms with Crippen molar-refractivity contribution in [3.05, 3.63) is 40.2 Å². The van der Waals surface area contributed by atoms with E-state index >= 15 is 0 Å². The van der Waals surface area contributed by atoms with Crippen LogP contribution in [0.15, 0.2) is 34.2 Å². The number of fused-ring (bicyclic) bond motifs is 1. The fourth-order valence-electron chi connectivity index (χ4n) is 2.36. The van der Waals surface area contributed by atoms with E-state index in [2.05, 4.69) is 4.98 Å². The van der Waals surface area contributed by atoms with E-state index in [1.807, 2.05) is 24.3 Å². The third-order valence-electron chi connectivity index (χ3n) is 3.37. The second-order valence-corrected chi connectivity index (χ2v) is 5.65. The summed E-state index contributed by atoms with van der Waals surface area (Å²) in [5, 5.41) is 10.0. The van der Waals surface area contributed by atoms with Crippen molar-refractivity contribution in [2.45, 2.75) is 18.1 Å². The van der Waals surface area contributed by atoms with Crippen LogP contribution < -0.4 is 10.3 Å². The zero-order chi connectivity index (χ0) is 14.8. The highest BCUT2D eigenvalue weighted by Gasteiger charge is 2.21. The summed E-state index contributed by atoms with van der Waals surface area (Å²) in [5.41, 5.74) is 0.880. The first-order valence-electron chi connectivity index (χ1n) is 6.57. The normalized spacial score (nSPS) is 13.3. The molecule has 0 atom stereocenters. The van der Waals surface area contributed by atoms with Gasteiger partial charge in [0.1, 0.15) is 23.1 Å². The number of hydrogen-bond donors (Lipinski definition) is 0. The Morgan fingerprint density at radius 1 is 1.43 bits per heavy atom. The van der Waals surface area contributed by atoms with Crippen LogP contribution >= 0.6 is 11.8 Å². The van der Waals surface area contributed by atoms with E-state index < -0.39 is 0 Å². The van der Waals surface area contributed by atoms with E-state index in [1.54, 1.807) is 29.5 Å². The van der Waals surface area contributed by atoms with Crippen molar-refractivity contribution in [3.63, 3.8) is 0 Å². The lowest BCUT2D eigenvalue weighted by atomic mass is 10.1. The average Bonchev–Trinajstić information content (AvgIpc) is 2.54. The van der Waals surface area contributed by atoms with Crippen molar-refractivity contribution in [2.24, 2.45) is 0 Å². The van der Waals surface area contributed by atoms with Gasteiger partial charge < -0.3 is 4.74 Å². The van der Waals surface area contributed by atoms with E-state index in [1.165, 1.54) is 0 Å². The summed E-state index contributed by atoms with van der Waals surface area (Å²) >= 11 is 1.55. The number of aromatic nitrogens is 2. The first-order chi connectivity index (χ1) is 10.3. The summed E-state index contributed by atoms with van der Waals surface area (Å²) < 4.78 is 6.91. The van der Waals surface area contributed by atoms with Crippen LogP contribution in [0.1, 0.15) is 12.0 Å². The van der Waals surface area contributed by atoms with Crippen LogP contribution in [0.5, 0.6) is 5.75 Å². The lowest BCUT2D eigenvalue weighted by molar-refractivity contribution is 0.416. The molecular weight excluding hydrogens is 286 g/mol. The fraction of sp³-hybridized carbons (Fsp3) is 0.267. The number of nitriles is 1. The lowest BCUT2D eigenvalue weighted by Gasteiger charge is -2.18. The largest absolute Gasteiger partial charge is 0.496 e. The Bertz CT molecular complexity index is 792. The zero-order valence-electron chi connectivity index (χ0n) is 11.5. The first kappa shape index (κ1) is 13.7. The number of methoxy groups -OCH3 is 1. The molecule has 0 spiro atoms. The number of rotatable bonds is 2. The monoisotopic (exact) mass is 299 g/mol. The van der Waals surface area contributed by atoms with Crippen molar-refractivity contribution in [1.82, 2.24) is 9.55 Å². The topological polar surface area (TPSA) is 67.9 Å². The Morgan fingerprint density at radius 3 is 3.00 bits per heavy atom. The minimum absolute atomic E-state index is 0.0748. The molecule has 0 aliphatic carbocycles. The van der Waals surface area contributed by atoms with Crippen LogP contribution in [0.25, 0.3) is 11.3 Å². The molecule has 21 heavy (non-hydrogen) atoms. The van der Waals surface area contributed by atoms with Gasteiger partial charge in [0.15, 0.2) is 5.16 Å². The molecule has 3 rings (SSSR count). The summed E-state index contributed by atoms with van der Waals surface area (Å²) in [4.78, 5) is 17.0. The molecule has 0 fully saturated rings. The van der Waals surface area contributed by atoms with Crippen LogP contribution in [0.2, 0.25) is 0 Å². The molecule has 2 aromatic rings. The number of para-hydroxylation sites is 1. The lowest BCUT2D eigenvalue weighted by Crippen LogP contribution is -2.29. The SMILES string of the molecule is COc1ccccc1-c1nc2n(c(=O)c1C#N)CCCS2. The van der Waals surface area contributed by atoms with Gasteiger partial charge >= 0.3 is 0 Å². The summed E-state index contributed by atoms with van der Waals surface area (Å²) in [7, 11) is 1.56. The van der Waals surface area contributed by atoms with Gasteiger partial charge in [0, 0.05) is 17.9 Å². The van der Waals surface area contributed by atoms with Crippen molar-refractivity contribution in [1.29, 1.82) is 5.26 Å². The van der Waals surface area contributed by atoms with Crippen molar-refractivity contribution in [3.8, 4) is 23.1 Å². The third kappa shape index (κ3) is 2.30. The van der Waals surface area contributed by atoms with Gasteiger partial charge in [0.05, 0.1) is 7.11 Å². The number of ether oxygens (including phenoxy) is 1. The first-order valence-corrected chi connectivity index (χ1v) is 7.56. The summed E-state index contributed by atoms with van der Waals surface area (Å²) in [5.74, 6) is 1.54. The van der Waals surface area contributed by atoms with Crippen molar-refractivity contribution >= 4 is 11.8 Å². The molecule has 0 amide bonds. The zero-order valence-corrected chi connectivity index (χ0v) is 12.3.